The molecular weight excluding hydrogens is 264 g/mol. The minimum atomic E-state index is 0.633. The largest absolute Gasteiger partial charge is 0.399 e. The Bertz CT molecular complexity index is 572. The molecule has 0 bridgehead atoms. The number of anilines is 2. The molecule has 2 aromatic rings. The maximum atomic E-state index is 5.90. The lowest BCUT2D eigenvalue weighted by Crippen LogP contribution is -2.30. The van der Waals surface area contributed by atoms with E-state index in [1.165, 1.54) is 22.6 Å². The lowest BCUT2D eigenvalue weighted by molar-refractivity contribution is 0.769. The first-order chi connectivity index (χ1) is 9.76. The molecule has 0 saturated heterocycles. The molecule has 3 heteroatoms. The second-order valence-electron chi connectivity index (χ2n) is 5.19. The zero-order valence-corrected chi connectivity index (χ0v) is 12.6. The number of thioether (sulfide) groups is 1. The standard InChI is InChI=1S/C17H20N2S/c1-2-19(15-8-5-7-14(18)11-15)12-16-10-13-6-3-4-9-17(13)20-16/h3-9,11,16H,2,10,12,18H2,1H3. The van der Waals surface area contributed by atoms with Crippen LogP contribution in [-0.4, -0.2) is 18.3 Å². The van der Waals surface area contributed by atoms with Crippen LogP contribution in [0.4, 0.5) is 11.4 Å². The van der Waals surface area contributed by atoms with E-state index in [9.17, 15) is 0 Å². The summed E-state index contributed by atoms with van der Waals surface area (Å²) in [6, 6.07) is 16.9. The second kappa shape index (κ2) is 5.80. The summed E-state index contributed by atoms with van der Waals surface area (Å²) in [5.41, 5.74) is 9.45. The van der Waals surface area contributed by atoms with Crippen molar-refractivity contribution in [3.8, 4) is 0 Å². The molecule has 0 amide bonds. The summed E-state index contributed by atoms with van der Waals surface area (Å²) in [5.74, 6) is 0. The van der Waals surface area contributed by atoms with Gasteiger partial charge in [-0.2, -0.15) is 0 Å². The van der Waals surface area contributed by atoms with E-state index >= 15 is 0 Å². The van der Waals surface area contributed by atoms with Gasteiger partial charge in [0.15, 0.2) is 0 Å². The van der Waals surface area contributed by atoms with Crippen molar-refractivity contribution in [2.24, 2.45) is 0 Å². The van der Waals surface area contributed by atoms with Crippen molar-refractivity contribution < 1.29 is 0 Å². The van der Waals surface area contributed by atoms with Crippen LogP contribution in [0.15, 0.2) is 53.4 Å². The predicted octanol–water partition coefficient (Wildman–Crippen LogP) is 3.81. The third-order valence-corrected chi connectivity index (χ3v) is 5.06. The Labute approximate surface area is 125 Å². The van der Waals surface area contributed by atoms with Gasteiger partial charge in [-0.15, -0.1) is 11.8 Å². The molecule has 1 unspecified atom stereocenters. The van der Waals surface area contributed by atoms with Gasteiger partial charge in [0, 0.05) is 34.6 Å². The van der Waals surface area contributed by atoms with E-state index in [4.69, 9.17) is 5.73 Å². The van der Waals surface area contributed by atoms with Crippen molar-refractivity contribution in [1.29, 1.82) is 0 Å². The fourth-order valence-electron chi connectivity index (χ4n) is 2.74. The molecule has 0 radical (unpaired) electrons. The molecule has 2 nitrogen and oxygen atoms in total. The van der Waals surface area contributed by atoms with Gasteiger partial charge in [0.05, 0.1) is 0 Å². The van der Waals surface area contributed by atoms with Crippen LogP contribution in [0.2, 0.25) is 0 Å². The lowest BCUT2D eigenvalue weighted by atomic mass is 10.1. The minimum absolute atomic E-state index is 0.633. The third kappa shape index (κ3) is 2.78. The number of nitrogens with two attached hydrogens (primary N) is 1. The van der Waals surface area contributed by atoms with Crippen molar-refractivity contribution in [2.75, 3.05) is 23.7 Å². The van der Waals surface area contributed by atoms with E-state index < -0.39 is 0 Å². The number of nitrogen functional groups attached to an aromatic ring is 1. The highest BCUT2D eigenvalue weighted by molar-refractivity contribution is 8.00. The van der Waals surface area contributed by atoms with Crippen LogP contribution < -0.4 is 10.6 Å². The molecule has 1 aliphatic heterocycles. The van der Waals surface area contributed by atoms with Crippen molar-refractivity contribution in [3.63, 3.8) is 0 Å². The van der Waals surface area contributed by atoms with E-state index in [0.29, 0.717) is 5.25 Å². The first kappa shape index (κ1) is 13.4. The van der Waals surface area contributed by atoms with E-state index in [1.54, 1.807) is 0 Å². The van der Waals surface area contributed by atoms with Crippen molar-refractivity contribution >= 4 is 23.1 Å². The van der Waals surface area contributed by atoms with E-state index in [2.05, 4.69) is 48.2 Å². The summed E-state index contributed by atoms with van der Waals surface area (Å²) < 4.78 is 0. The predicted molar refractivity (Wildman–Crippen MR) is 88.5 cm³/mol. The van der Waals surface area contributed by atoms with Gasteiger partial charge in [-0.1, -0.05) is 24.3 Å². The van der Waals surface area contributed by atoms with Crippen molar-refractivity contribution in [3.05, 3.63) is 54.1 Å². The van der Waals surface area contributed by atoms with Gasteiger partial charge in [0.1, 0.15) is 0 Å². The highest BCUT2D eigenvalue weighted by Gasteiger charge is 2.23. The van der Waals surface area contributed by atoms with E-state index in [-0.39, 0.29) is 0 Å². The molecule has 0 fully saturated rings. The van der Waals surface area contributed by atoms with Crippen LogP contribution in [-0.2, 0) is 6.42 Å². The second-order valence-corrected chi connectivity index (χ2v) is 6.53. The fraction of sp³-hybridized carbons (Fsp3) is 0.294. The summed E-state index contributed by atoms with van der Waals surface area (Å²) in [6.45, 7) is 4.28. The Morgan fingerprint density at radius 2 is 2.05 bits per heavy atom. The first-order valence-electron chi connectivity index (χ1n) is 7.11. The number of hydrogen-bond donors (Lipinski definition) is 1. The smallest absolute Gasteiger partial charge is 0.0387 e. The summed E-state index contributed by atoms with van der Waals surface area (Å²) in [7, 11) is 0. The van der Waals surface area contributed by atoms with Gasteiger partial charge in [0.2, 0.25) is 0 Å². The van der Waals surface area contributed by atoms with Gasteiger partial charge in [0.25, 0.3) is 0 Å². The van der Waals surface area contributed by atoms with Gasteiger partial charge in [-0.25, -0.2) is 0 Å². The number of rotatable bonds is 4. The summed E-state index contributed by atoms with van der Waals surface area (Å²) in [4.78, 5) is 3.86. The Hall–Kier alpha value is -1.61. The summed E-state index contributed by atoms with van der Waals surface area (Å²) in [5, 5.41) is 0.633. The van der Waals surface area contributed by atoms with Crippen LogP contribution in [0, 0.1) is 0 Å². The molecule has 3 rings (SSSR count). The highest BCUT2D eigenvalue weighted by Crippen LogP contribution is 2.37. The average molecular weight is 284 g/mol. The summed E-state index contributed by atoms with van der Waals surface area (Å²) in [6.07, 6.45) is 1.17. The van der Waals surface area contributed by atoms with E-state index in [1.807, 2.05) is 23.9 Å². The topological polar surface area (TPSA) is 29.3 Å². The Kier molecular flexibility index (Phi) is 3.88. The molecule has 1 aliphatic rings. The molecule has 2 N–H and O–H groups in total. The Balaban J connectivity index is 1.71. The van der Waals surface area contributed by atoms with Crippen molar-refractivity contribution in [2.45, 2.75) is 23.5 Å². The molecule has 104 valence electrons. The molecule has 1 heterocycles. The normalized spacial score (nSPS) is 16.9. The molecule has 0 aliphatic carbocycles. The molecule has 0 aromatic heterocycles. The van der Waals surface area contributed by atoms with Crippen LogP contribution in [0.1, 0.15) is 12.5 Å². The maximum Gasteiger partial charge on any atom is 0.0387 e. The van der Waals surface area contributed by atoms with Crippen LogP contribution in [0.25, 0.3) is 0 Å². The van der Waals surface area contributed by atoms with Crippen LogP contribution in [0.5, 0.6) is 0 Å². The fourth-order valence-corrected chi connectivity index (χ4v) is 4.08. The zero-order valence-electron chi connectivity index (χ0n) is 11.8. The average Bonchev–Trinajstić information content (AvgIpc) is 2.87. The quantitative estimate of drug-likeness (QED) is 0.866. The monoisotopic (exact) mass is 284 g/mol. The number of benzene rings is 2. The van der Waals surface area contributed by atoms with E-state index in [0.717, 1.165) is 18.8 Å². The maximum absolute atomic E-state index is 5.90. The highest BCUT2D eigenvalue weighted by atomic mass is 32.2. The van der Waals surface area contributed by atoms with Crippen molar-refractivity contribution in [1.82, 2.24) is 0 Å². The Morgan fingerprint density at radius 3 is 2.80 bits per heavy atom. The lowest BCUT2D eigenvalue weighted by Gasteiger charge is -2.26. The van der Waals surface area contributed by atoms with Crippen LogP contribution in [0.3, 0.4) is 0 Å². The first-order valence-corrected chi connectivity index (χ1v) is 7.99. The number of fused-ring (bicyclic) bond motifs is 1. The molecule has 0 spiro atoms. The Morgan fingerprint density at radius 1 is 1.20 bits per heavy atom. The van der Waals surface area contributed by atoms with Gasteiger partial charge >= 0.3 is 0 Å². The zero-order chi connectivity index (χ0) is 13.9. The van der Waals surface area contributed by atoms with Gasteiger partial charge < -0.3 is 10.6 Å². The minimum Gasteiger partial charge on any atom is -0.399 e. The number of nitrogens with zero attached hydrogens (tertiary/aromatic N) is 1. The summed E-state index contributed by atoms with van der Waals surface area (Å²) >= 11 is 2.01. The molecule has 20 heavy (non-hydrogen) atoms. The van der Waals surface area contributed by atoms with Crippen LogP contribution >= 0.6 is 11.8 Å². The van der Waals surface area contributed by atoms with Gasteiger partial charge in [-0.3, -0.25) is 0 Å². The molecule has 1 atom stereocenters. The molecule has 0 saturated carbocycles. The number of hydrogen-bond acceptors (Lipinski definition) is 3. The molecule has 2 aromatic carbocycles. The SMILES string of the molecule is CCN(CC1Cc2ccccc2S1)c1cccc(N)c1. The third-order valence-electron chi connectivity index (χ3n) is 3.75. The van der Waals surface area contributed by atoms with Gasteiger partial charge in [-0.05, 0) is 43.2 Å². The molecular formula is C17H20N2S.